The van der Waals surface area contributed by atoms with Crippen LogP contribution in [0.5, 0.6) is 0 Å². The predicted octanol–water partition coefficient (Wildman–Crippen LogP) is 2.63. The molecule has 1 amide bonds. The summed E-state index contributed by atoms with van der Waals surface area (Å²) in [5.74, 6) is 0.562. The first-order valence-electron chi connectivity index (χ1n) is 9.04. The molecule has 3 heterocycles. The first-order valence-corrected chi connectivity index (χ1v) is 9.04. The average Bonchev–Trinajstić information content (AvgIpc) is 2.74. The Morgan fingerprint density at radius 1 is 1.15 bits per heavy atom. The summed E-state index contributed by atoms with van der Waals surface area (Å²) in [6, 6.07) is 14.1. The second-order valence-corrected chi connectivity index (χ2v) is 6.60. The van der Waals surface area contributed by atoms with Crippen LogP contribution in [0.3, 0.4) is 0 Å². The molecule has 1 unspecified atom stereocenters. The van der Waals surface area contributed by atoms with E-state index in [0.717, 1.165) is 12.1 Å². The average molecular weight is 359 g/mol. The lowest BCUT2D eigenvalue weighted by atomic mass is 10.0. The van der Waals surface area contributed by atoms with E-state index in [1.807, 2.05) is 42.2 Å². The Morgan fingerprint density at radius 3 is 2.74 bits per heavy atom. The smallest absolute Gasteiger partial charge is 0.257 e. The van der Waals surface area contributed by atoms with Crippen molar-refractivity contribution in [3.63, 3.8) is 0 Å². The van der Waals surface area contributed by atoms with Gasteiger partial charge in [0.15, 0.2) is 5.82 Å². The Hall–Kier alpha value is -3.12. The number of nitrogens with zero attached hydrogens (tertiary/aromatic N) is 4. The molecular weight excluding hydrogens is 338 g/mol. The van der Waals surface area contributed by atoms with Crippen molar-refractivity contribution in [2.75, 3.05) is 19.6 Å². The summed E-state index contributed by atoms with van der Waals surface area (Å²) < 4.78 is 0. The van der Waals surface area contributed by atoms with Crippen molar-refractivity contribution < 1.29 is 4.79 Å². The van der Waals surface area contributed by atoms with Gasteiger partial charge in [0.05, 0.1) is 11.3 Å². The minimum absolute atomic E-state index is 0.0207. The number of rotatable bonds is 3. The quantitative estimate of drug-likeness (QED) is 0.778. The van der Waals surface area contributed by atoms with E-state index in [1.54, 1.807) is 18.6 Å². The molecule has 0 bridgehead atoms. The Bertz CT molecular complexity index is 930. The van der Waals surface area contributed by atoms with E-state index in [9.17, 15) is 4.79 Å². The van der Waals surface area contributed by atoms with Gasteiger partial charge in [-0.1, -0.05) is 30.3 Å². The first kappa shape index (κ1) is 17.3. The Kier molecular flexibility index (Phi) is 4.89. The molecular formula is C21H21N5O. The van der Waals surface area contributed by atoms with Crippen LogP contribution in [0.4, 0.5) is 0 Å². The van der Waals surface area contributed by atoms with Crippen LogP contribution in [-0.2, 0) is 0 Å². The van der Waals surface area contributed by atoms with Crippen LogP contribution >= 0.6 is 0 Å². The van der Waals surface area contributed by atoms with Gasteiger partial charge in [-0.2, -0.15) is 0 Å². The van der Waals surface area contributed by atoms with Gasteiger partial charge in [0, 0.05) is 49.8 Å². The summed E-state index contributed by atoms with van der Waals surface area (Å²) in [6.45, 7) is 3.92. The fraction of sp³-hybridized carbons (Fsp3) is 0.238. The minimum atomic E-state index is -0.0207. The predicted molar refractivity (Wildman–Crippen MR) is 103 cm³/mol. The van der Waals surface area contributed by atoms with Gasteiger partial charge in [0.1, 0.15) is 0 Å². The number of amides is 1. The van der Waals surface area contributed by atoms with E-state index in [-0.39, 0.29) is 11.9 Å². The fourth-order valence-corrected chi connectivity index (χ4v) is 3.32. The van der Waals surface area contributed by atoms with Crippen molar-refractivity contribution in [3.8, 4) is 11.4 Å². The molecule has 0 spiro atoms. The monoisotopic (exact) mass is 359 g/mol. The van der Waals surface area contributed by atoms with E-state index < -0.39 is 0 Å². The Morgan fingerprint density at radius 2 is 2.00 bits per heavy atom. The molecule has 1 saturated heterocycles. The Labute approximate surface area is 158 Å². The maximum absolute atomic E-state index is 13.1. The van der Waals surface area contributed by atoms with Crippen LogP contribution in [0, 0.1) is 6.92 Å². The summed E-state index contributed by atoms with van der Waals surface area (Å²) in [4.78, 5) is 27.9. The highest BCUT2D eigenvalue weighted by molar-refractivity contribution is 5.95. The lowest BCUT2D eigenvalue weighted by Crippen LogP contribution is -2.48. The number of nitrogens with one attached hydrogen (secondary N) is 1. The van der Waals surface area contributed by atoms with Crippen LogP contribution in [0.15, 0.2) is 61.1 Å². The van der Waals surface area contributed by atoms with Crippen molar-refractivity contribution in [1.29, 1.82) is 0 Å². The van der Waals surface area contributed by atoms with Crippen LogP contribution in [0.25, 0.3) is 11.4 Å². The molecule has 0 saturated carbocycles. The number of pyridine rings is 1. The second kappa shape index (κ2) is 7.63. The molecule has 6 nitrogen and oxygen atoms in total. The highest BCUT2D eigenvalue weighted by Crippen LogP contribution is 2.20. The van der Waals surface area contributed by atoms with E-state index >= 15 is 0 Å². The third kappa shape index (κ3) is 3.71. The molecule has 1 aromatic carbocycles. The van der Waals surface area contributed by atoms with Gasteiger partial charge in [-0.05, 0) is 24.6 Å². The van der Waals surface area contributed by atoms with E-state index in [2.05, 4.69) is 32.4 Å². The maximum Gasteiger partial charge on any atom is 0.257 e. The number of aromatic nitrogens is 3. The summed E-state index contributed by atoms with van der Waals surface area (Å²) in [5, 5.41) is 3.48. The lowest BCUT2D eigenvalue weighted by Gasteiger charge is -2.34. The number of piperazine rings is 1. The minimum Gasteiger partial charge on any atom is -0.335 e. The number of carbonyl (C=O) groups excluding carboxylic acids is 1. The highest BCUT2D eigenvalue weighted by atomic mass is 16.2. The molecule has 3 aromatic rings. The zero-order valence-corrected chi connectivity index (χ0v) is 15.2. The summed E-state index contributed by atoms with van der Waals surface area (Å²) in [5.41, 5.74) is 3.26. The van der Waals surface area contributed by atoms with Gasteiger partial charge in [0.2, 0.25) is 0 Å². The number of carbonyl (C=O) groups is 1. The molecule has 4 rings (SSSR count). The van der Waals surface area contributed by atoms with E-state index in [0.29, 0.717) is 30.2 Å². The van der Waals surface area contributed by atoms with Crippen molar-refractivity contribution in [1.82, 2.24) is 25.2 Å². The van der Waals surface area contributed by atoms with Crippen LogP contribution in [0.2, 0.25) is 0 Å². The zero-order valence-electron chi connectivity index (χ0n) is 15.2. The molecule has 1 fully saturated rings. The summed E-state index contributed by atoms with van der Waals surface area (Å²) >= 11 is 0. The van der Waals surface area contributed by atoms with Gasteiger partial charge in [0.25, 0.3) is 5.91 Å². The third-order valence-corrected chi connectivity index (χ3v) is 4.79. The molecule has 27 heavy (non-hydrogen) atoms. The number of hydrogen-bond acceptors (Lipinski definition) is 5. The maximum atomic E-state index is 13.1. The molecule has 2 aromatic heterocycles. The molecule has 1 atom stereocenters. The third-order valence-electron chi connectivity index (χ3n) is 4.79. The first-order chi connectivity index (χ1) is 13.2. The fourth-order valence-electron chi connectivity index (χ4n) is 3.32. The number of aryl methyl sites for hydroxylation is 1. The van der Waals surface area contributed by atoms with Gasteiger partial charge >= 0.3 is 0 Å². The van der Waals surface area contributed by atoms with Crippen molar-refractivity contribution in [3.05, 3.63) is 77.9 Å². The van der Waals surface area contributed by atoms with Crippen molar-refractivity contribution in [2.24, 2.45) is 0 Å². The number of benzene rings is 1. The molecule has 1 aliphatic rings. The van der Waals surface area contributed by atoms with Gasteiger partial charge in [-0.25, -0.2) is 9.97 Å². The Balaban J connectivity index is 1.54. The topological polar surface area (TPSA) is 71.0 Å². The van der Waals surface area contributed by atoms with Crippen molar-refractivity contribution >= 4 is 5.91 Å². The largest absolute Gasteiger partial charge is 0.335 e. The zero-order chi connectivity index (χ0) is 18.6. The highest BCUT2D eigenvalue weighted by Gasteiger charge is 2.26. The molecule has 1 aliphatic heterocycles. The number of hydrogen-bond donors (Lipinski definition) is 1. The molecule has 1 N–H and O–H groups in total. The van der Waals surface area contributed by atoms with Gasteiger partial charge < -0.3 is 10.2 Å². The summed E-state index contributed by atoms with van der Waals surface area (Å²) in [6.07, 6.45) is 5.06. The molecule has 136 valence electrons. The van der Waals surface area contributed by atoms with Crippen LogP contribution in [0.1, 0.15) is 27.7 Å². The van der Waals surface area contributed by atoms with E-state index in [1.165, 1.54) is 5.56 Å². The standard InChI is InChI=1S/C21H21N5O/c1-15-18(13-24-20(25-15)17-8-5-9-22-12-17)21(27)26-11-10-23-19(14-26)16-6-3-2-4-7-16/h2-9,12-13,19,23H,10-11,14H2,1H3. The van der Waals surface area contributed by atoms with Gasteiger partial charge in [-0.15, -0.1) is 0 Å². The normalized spacial score (nSPS) is 16.9. The van der Waals surface area contributed by atoms with E-state index in [4.69, 9.17) is 0 Å². The van der Waals surface area contributed by atoms with Gasteiger partial charge in [-0.3, -0.25) is 9.78 Å². The summed E-state index contributed by atoms with van der Waals surface area (Å²) in [7, 11) is 0. The SMILES string of the molecule is Cc1nc(-c2cccnc2)ncc1C(=O)N1CCNC(c2ccccc2)C1. The molecule has 0 radical (unpaired) electrons. The van der Waals surface area contributed by atoms with Crippen LogP contribution in [-0.4, -0.2) is 45.4 Å². The van der Waals surface area contributed by atoms with Crippen LogP contribution < -0.4 is 5.32 Å². The lowest BCUT2D eigenvalue weighted by molar-refractivity contribution is 0.0701. The molecule has 0 aliphatic carbocycles. The molecule has 6 heteroatoms. The second-order valence-electron chi connectivity index (χ2n) is 6.60. The van der Waals surface area contributed by atoms with Crippen molar-refractivity contribution in [2.45, 2.75) is 13.0 Å².